The number of halogens is 4. The molecule has 0 saturated heterocycles. The normalized spacial score (nSPS) is 14.8. The molecule has 3 nitrogen and oxygen atoms in total. The van der Waals surface area contributed by atoms with E-state index in [1.54, 1.807) is 0 Å². The number of aliphatic hydroxyl groups is 1. The third-order valence-electron chi connectivity index (χ3n) is 2.75. The summed E-state index contributed by atoms with van der Waals surface area (Å²) in [6.07, 6.45) is -4.16. The van der Waals surface area contributed by atoms with Gasteiger partial charge in [-0.2, -0.15) is 13.2 Å². The largest absolute Gasteiger partial charge is 0.461 e. The molecule has 106 valence electrons. The highest BCUT2D eigenvalue weighted by Gasteiger charge is 2.61. The quantitative estimate of drug-likeness (QED) is 0.882. The summed E-state index contributed by atoms with van der Waals surface area (Å²) in [4.78, 5) is 12.0. The summed E-state index contributed by atoms with van der Waals surface area (Å²) in [6, 6.07) is 6.50. The Morgan fingerprint density at radius 3 is 2.20 bits per heavy atom. The summed E-state index contributed by atoms with van der Waals surface area (Å²) in [5.41, 5.74) is -4.31. The number of hydrogen-bond acceptors (Lipinski definition) is 3. The molecule has 20 heavy (non-hydrogen) atoms. The third kappa shape index (κ3) is 2.32. The number of rotatable bonds is 3. The van der Waals surface area contributed by atoms with E-state index in [4.69, 9.17) is 11.6 Å². The lowest BCUT2D eigenvalue weighted by Crippen LogP contribution is -2.49. The van der Waals surface area contributed by atoms with Crippen molar-refractivity contribution in [1.29, 1.82) is 0 Å². The summed E-state index contributed by atoms with van der Waals surface area (Å²) >= 11 is 5.59. The topological polar surface area (TPSA) is 50.4 Å². The second-order valence-corrected chi connectivity index (χ2v) is 4.46. The monoisotopic (exact) mass is 304 g/mol. The van der Waals surface area contributed by atoms with Crippen molar-refractivity contribution >= 4 is 17.4 Å². The van der Waals surface area contributed by atoms with Gasteiger partial charge in [0.1, 0.15) is 0 Å². The SMILES string of the molecule is O=C(c1ccco1)[C@@](O)(c1ccc(Cl)cc1)C(F)(F)F. The van der Waals surface area contributed by atoms with Gasteiger partial charge in [0.15, 0.2) is 5.76 Å². The van der Waals surface area contributed by atoms with E-state index in [9.17, 15) is 23.1 Å². The summed E-state index contributed by atoms with van der Waals surface area (Å²) in [6.45, 7) is 0. The summed E-state index contributed by atoms with van der Waals surface area (Å²) in [7, 11) is 0. The third-order valence-corrected chi connectivity index (χ3v) is 3.00. The lowest BCUT2D eigenvalue weighted by molar-refractivity contribution is -0.242. The van der Waals surface area contributed by atoms with Gasteiger partial charge in [-0.1, -0.05) is 23.7 Å². The van der Waals surface area contributed by atoms with E-state index in [1.165, 1.54) is 6.07 Å². The molecule has 0 aliphatic heterocycles. The maximum absolute atomic E-state index is 13.2. The second kappa shape index (κ2) is 4.96. The van der Waals surface area contributed by atoms with Gasteiger partial charge in [-0.25, -0.2) is 0 Å². The average molecular weight is 305 g/mol. The fourth-order valence-corrected chi connectivity index (χ4v) is 1.83. The summed E-state index contributed by atoms with van der Waals surface area (Å²) < 4.78 is 44.2. The molecule has 0 saturated carbocycles. The number of carbonyl (C=O) groups is 1. The molecular formula is C13H8ClF3O3. The van der Waals surface area contributed by atoms with Crippen LogP contribution in [0.15, 0.2) is 47.1 Å². The molecule has 0 unspecified atom stereocenters. The maximum atomic E-state index is 13.2. The smallest absolute Gasteiger partial charge is 0.429 e. The number of carbonyl (C=O) groups excluding carboxylic acids is 1. The van der Waals surface area contributed by atoms with Crippen molar-refractivity contribution in [1.82, 2.24) is 0 Å². The highest BCUT2D eigenvalue weighted by atomic mass is 35.5. The summed E-state index contributed by atoms with van der Waals surface area (Å²) in [5, 5.41) is 10.2. The van der Waals surface area contributed by atoms with Crippen molar-refractivity contribution in [2.24, 2.45) is 0 Å². The van der Waals surface area contributed by atoms with Crippen LogP contribution >= 0.6 is 11.6 Å². The van der Waals surface area contributed by atoms with Gasteiger partial charge < -0.3 is 9.52 Å². The zero-order chi connectivity index (χ0) is 15.0. The van der Waals surface area contributed by atoms with Crippen LogP contribution in [0.1, 0.15) is 16.1 Å². The zero-order valence-corrected chi connectivity index (χ0v) is 10.6. The first-order chi connectivity index (χ1) is 9.26. The molecule has 1 aromatic carbocycles. The van der Waals surface area contributed by atoms with Gasteiger partial charge in [-0.15, -0.1) is 0 Å². The van der Waals surface area contributed by atoms with E-state index in [-0.39, 0.29) is 5.02 Å². The molecule has 0 amide bonds. The number of Topliss-reactive ketones (excluding diaryl/α,β-unsaturated/α-hetero) is 1. The maximum Gasteiger partial charge on any atom is 0.429 e. The van der Waals surface area contributed by atoms with E-state index < -0.39 is 28.9 Å². The molecule has 1 aromatic heterocycles. The van der Waals surface area contributed by atoms with Crippen LogP contribution < -0.4 is 0 Å². The molecule has 1 N–H and O–H groups in total. The molecule has 1 atom stereocenters. The van der Waals surface area contributed by atoms with E-state index in [0.29, 0.717) is 0 Å². The van der Waals surface area contributed by atoms with Crippen LogP contribution in [0.4, 0.5) is 13.2 Å². The molecule has 0 aliphatic carbocycles. The van der Waals surface area contributed by atoms with Crippen molar-refractivity contribution in [2.45, 2.75) is 11.8 Å². The zero-order valence-electron chi connectivity index (χ0n) is 9.82. The number of furan rings is 1. The van der Waals surface area contributed by atoms with Gasteiger partial charge in [0.2, 0.25) is 5.78 Å². The lowest BCUT2D eigenvalue weighted by Gasteiger charge is -2.28. The average Bonchev–Trinajstić information content (AvgIpc) is 2.90. The second-order valence-electron chi connectivity index (χ2n) is 4.02. The minimum atomic E-state index is -5.20. The number of ketones is 1. The lowest BCUT2D eigenvalue weighted by atomic mass is 9.87. The Bertz CT molecular complexity index is 605. The Morgan fingerprint density at radius 2 is 1.75 bits per heavy atom. The first kappa shape index (κ1) is 14.6. The van der Waals surface area contributed by atoms with Gasteiger partial charge in [0.05, 0.1) is 6.26 Å². The standard InChI is InChI=1S/C13H8ClF3O3/c14-9-5-3-8(4-6-9)12(19,13(15,16)17)11(18)10-2-1-7-20-10/h1-7,19H/t12-/m0/s1. The highest BCUT2D eigenvalue weighted by Crippen LogP contribution is 2.41. The fraction of sp³-hybridized carbons (Fsp3) is 0.154. The summed E-state index contributed by atoms with van der Waals surface area (Å²) in [5.74, 6) is -2.17. The first-order valence-corrected chi connectivity index (χ1v) is 5.78. The van der Waals surface area contributed by atoms with Gasteiger partial charge in [0, 0.05) is 10.6 Å². The molecule has 0 fully saturated rings. The predicted molar refractivity (Wildman–Crippen MR) is 64.4 cm³/mol. The van der Waals surface area contributed by atoms with Gasteiger partial charge in [-0.3, -0.25) is 4.79 Å². The van der Waals surface area contributed by atoms with Gasteiger partial charge in [-0.05, 0) is 24.3 Å². The van der Waals surface area contributed by atoms with Crippen LogP contribution in [0.3, 0.4) is 0 Å². The first-order valence-electron chi connectivity index (χ1n) is 5.40. The molecule has 0 radical (unpaired) electrons. The van der Waals surface area contributed by atoms with Crippen molar-refractivity contribution in [3.05, 3.63) is 59.0 Å². The minimum Gasteiger partial charge on any atom is -0.461 e. The molecular weight excluding hydrogens is 297 g/mol. The van der Waals surface area contributed by atoms with E-state index in [1.807, 2.05) is 0 Å². The van der Waals surface area contributed by atoms with Gasteiger partial charge >= 0.3 is 6.18 Å². The Morgan fingerprint density at radius 1 is 1.15 bits per heavy atom. The predicted octanol–water partition coefficient (Wildman–Crippen LogP) is 3.57. The van der Waals surface area contributed by atoms with Crippen LogP contribution in [-0.2, 0) is 5.60 Å². The van der Waals surface area contributed by atoms with Crippen LogP contribution in [0.2, 0.25) is 5.02 Å². The highest BCUT2D eigenvalue weighted by molar-refractivity contribution is 6.30. The van der Waals surface area contributed by atoms with Crippen molar-refractivity contribution in [3.63, 3.8) is 0 Å². The van der Waals surface area contributed by atoms with Crippen molar-refractivity contribution < 1.29 is 27.5 Å². The number of hydrogen-bond donors (Lipinski definition) is 1. The molecule has 0 aliphatic rings. The molecule has 2 aromatic rings. The Hall–Kier alpha value is -1.79. The van der Waals surface area contributed by atoms with Crippen LogP contribution in [0, 0.1) is 0 Å². The molecule has 2 rings (SSSR count). The Labute approximate surface area is 116 Å². The van der Waals surface area contributed by atoms with Crippen LogP contribution in [0.5, 0.6) is 0 Å². The fourth-order valence-electron chi connectivity index (χ4n) is 1.70. The molecule has 1 heterocycles. The van der Waals surface area contributed by atoms with E-state index in [2.05, 4.69) is 4.42 Å². The van der Waals surface area contributed by atoms with Crippen LogP contribution in [0.25, 0.3) is 0 Å². The van der Waals surface area contributed by atoms with Crippen molar-refractivity contribution in [2.75, 3.05) is 0 Å². The van der Waals surface area contributed by atoms with E-state index in [0.717, 1.165) is 36.6 Å². The molecule has 0 bridgehead atoms. The number of benzene rings is 1. The Kier molecular flexibility index (Phi) is 3.62. The van der Waals surface area contributed by atoms with Gasteiger partial charge in [0.25, 0.3) is 5.60 Å². The molecule has 7 heteroatoms. The minimum absolute atomic E-state index is 0.184. The van der Waals surface area contributed by atoms with E-state index >= 15 is 0 Å². The molecule has 0 spiro atoms. The number of alkyl halides is 3. The van der Waals surface area contributed by atoms with Crippen LogP contribution in [-0.4, -0.2) is 17.1 Å². The Balaban J connectivity index is 2.57. The van der Waals surface area contributed by atoms with Crippen molar-refractivity contribution in [3.8, 4) is 0 Å².